The Morgan fingerprint density at radius 3 is 1.78 bits per heavy atom. The van der Waals surface area contributed by atoms with Crippen molar-refractivity contribution < 1.29 is 38.1 Å². The summed E-state index contributed by atoms with van der Waals surface area (Å²) in [5.41, 5.74) is 5.05. The van der Waals surface area contributed by atoms with Crippen LogP contribution in [0.1, 0.15) is 33.8 Å². The number of alkyl carbamates (subject to hydrolysis) is 1. The third kappa shape index (κ3) is 8.97. The molecule has 41 heavy (non-hydrogen) atoms. The summed E-state index contributed by atoms with van der Waals surface area (Å²) in [7, 11) is 0. The van der Waals surface area contributed by atoms with Gasteiger partial charge in [-0.15, -0.1) is 0 Å². The molecule has 1 N–H and O–H groups in total. The topological polar surface area (TPSA) is 109 Å². The largest absolute Gasteiger partial charge is 0.457 e. The van der Waals surface area contributed by atoms with Crippen LogP contribution >= 0.6 is 0 Å². The van der Waals surface area contributed by atoms with Gasteiger partial charge in [-0.2, -0.15) is 0 Å². The number of carbonyl (C=O) groups is 3. The predicted molar refractivity (Wildman–Crippen MR) is 152 cm³/mol. The minimum absolute atomic E-state index is 0.00933. The predicted octanol–water partition coefficient (Wildman–Crippen LogP) is 4.39. The fourth-order valence-corrected chi connectivity index (χ4v) is 4.52. The average Bonchev–Trinajstić information content (AvgIpc) is 3.33. The molecular formula is C32H35NO8. The molecule has 0 spiro atoms. The molecule has 0 atom stereocenters. The van der Waals surface area contributed by atoms with Gasteiger partial charge in [-0.3, -0.25) is 4.79 Å². The number of fused-ring (bicyclic) bond motifs is 3. The minimum Gasteiger partial charge on any atom is -0.457 e. The Labute approximate surface area is 239 Å². The second-order valence-electron chi connectivity index (χ2n) is 9.27. The molecule has 1 aliphatic carbocycles. The first-order chi connectivity index (χ1) is 20.1. The van der Waals surface area contributed by atoms with E-state index in [1.165, 1.54) is 22.3 Å². The van der Waals surface area contributed by atoms with Gasteiger partial charge in [0.25, 0.3) is 5.78 Å². The van der Waals surface area contributed by atoms with E-state index in [2.05, 4.69) is 29.6 Å². The van der Waals surface area contributed by atoms with E-state index < -0.39 is 17.8 Å². The van der Waals surface area contributed by atoms with E-state index >= 15 is 0 Å². The third-order valence-corrected chi connectivity index (χ3v) is 6.50. The van der Waals surface area contributed by atoms with Crippen molar-refractivity contribution in [2.45, 2.75) is 12.3 Å². The monoisotopic (exact) mass is 561 g/mol. The van der Waals surface area contributed by atoms with Crippen molar-refractivity contribution in [1.29, 1.82) is 0 Å². The van der Waals surface area contributed by atoms with Crippen molar-refractivity contribution in [1.82, 2.24) is 5.32 Å². The van der Waals surface area contributed by atoms with Gasteiger partial charge in [-0.25, -0.2) is 9.59 Å². The van der Waals surface area contributed by atoms with Gasteiger partial charge in [-0.1, -0.05) is 78.9 Å². The Hall–Kier alpha value is -4.05. The number of hydrogen-bond donors (Lipinski definition) is 1. The van der Waals surface area contributed by atoms with Crippen molar-refractivity contribution in [2.24, 2.45) is 0 Å². The van der Waals surface area contributed by atoms with Crippen molar-refractivity contribution in [3.8, 4) is 11.1 Å². The fraction of sp³-hybridized carbons (Fsp3) is 0.344. The lowest BCUT2D eigenvalue weighted by Gasteiger charge is -2.14. The van der Waals surface area contributed by atoms with E-state index in [1.807, 2.05) is 24.3 Å². The number of hydrogen-bond acceptors (Lipinski definition) is 8. The number of ether oxygens (including phenoxy) is 5. The molecule has 0 radical (unpaired) electrons. The Balaban J connectivity index is 0.950. The Kier molecular flexibility index (Phi) is 11.9. The summed E-state index contributed by atoms with van der Waals surface area (Å²) in [5, 5.41) is 2.77. The molecule has 9 nitrogen and oxygen atoms in total. The van der Waals surface area contributed by atoms with Gasteiger partial charge in [-0.05, 0) is 28.7 Å². The summed E-state index contributed by atoms with van der Waals surface area (Å²) in [6, 6.07) is 24.7. The molecule has 3 aromatic carbocycles. The number of amides is 1. The van der Waals surface area contributed by atoms with Crippen LogP contribution in [-0.4, -0.2) is 77.2 Å². The highest BCUT2D eigenvalue weighted by Crippen LogP contribution is 2.44. The molecule has 0 unspecified atom stereocenters. The van der Waals surface area contributed by atoms with Gasteiger partial charge in [0.1, 0.15) is 13.2 Å². The lowest BCUT2D eigenvalue weighted by Crippen LogP contribution is -2.27. The van der Waals surface area contributed by atoms with E-state index in [4.69, 9.17) is 23.7 Å². The molecule has 0 aromatic heterocycles. The SMILES string of the molecule is O=C(NCCCOCCOCCOCCOC(=O)C(=O)c1ccccc1)OCC1c2ccccc2-c2ccccc21. The summed E-state index contributed by atoms with van der Waals surface area (Å²) in [4.78, 5) is 35.8. The number of esters is 1. The van der Waals surface area contributed by atoms with E-state index in [-0.39, 0.29) is 25.7 Å². The summed E-state index contributed by atoms with van der Waals surface area (Å²) in [6.07, 6.45) is 0.214. The molecule has 1 amide bonds. The van der Waals surface area contributed by atoms with Crippen LogP contribution in [-0.2, 0) is 28.5 Å². The molecule has 216 valence electrons. The zero-order valence-electron chi connectivity index (χ0n) is 22.9. The second-order valence-corrected chi connectivity index (χ2v) is 9.27. The molecular weight excluding hydrogens is 526 g/mol. The average molecular weight is 562 g/mol. The summed E-state index contributed by atoms with van der Waals surface area (Å²) in [5.74, 6) is -1.54. The Bertz CT molecular complexity index is 1230. The Morgan fingerprint density at radius 2 is 1.15 bits per heavy atom. The van der Waals surface area contributed by atoms with E-state index in [9.17, 15) is 14.4 Å². The zero-order chi connectivity index (χ0) is 28.7. The lowest BCUT2D eigenvalue weighted by molar-refractivity contribution is -0.139. The normalized spacial score (nSPS) is 11.9. The van der Waals surface area contributed by atoms with Crippen LogP contribution in [0.15, 0.2) is 78.9 Å². The first-order valence-corrected chi connectivity index (χ1v) is 13.7. The van der Waals surface area contributed by atoms with Gasteiger partial charge in [0.05, 0.1) is 33.0 Å². The van der Waals surface area contributed by atoms with Crippen molar-refractivity contribution >= 4 is 17.8 Å². The van der Waals surface area contributed by atoms with Gasteiger partial charge in [0.2, 0.25) is 0 Å². The third-order valence-electron chi connectivity index (χ3n) is 6.50. The molecule has 3 aromatic rings. The van der Waals surface area contributed by atoms with Gasteiger partial charge in [0, 0.05) is 24.6 Å². The highest BCUT2D eigenvalue weighted by atomic mass is 16.6. The maximum absolute atomic E-state index is 12.2. The van der Waals surface area contributed by atoms with Crippen LogP contribution in [0.4, 0.5) is 4.79 Å². The lowest BCUT2D eigenvalue weighted by atomic mass is 9.98. The minimum atomic E-state index is -0.901. The van der Waals surface area contributed by atoms with E-state index in [1.54, 1.807) is 30.3 Å². The highest BCUT2D eigenvalue weighted by molar-refractivity contribution is 6.40. The van der Waals surface area contributed by atoms with Crippen LogP contribution in [0.3, 0.4) is 0 Å². The molecule has 9 heteroatoms. The van der Waals surface area contributed by atoms with Crippen LogP contribution in [0, 0.1) is 0 Å². The highest BCUT2D eigenvalue weighted by Gasteiger charge is 2.28. The fourth-order valence-electron chi connectivity index (χ4n) is 4.52. The summed E-state index contributed by atoms with van der Waals surface area (Å²) in [6.45, 7) is 2.90. The number of Topliss-reactive ketones (excluding diaryl/α,β-unsaturated/α-hetero) is 1. The molecule has 1 aliphatic rings. The second kappa shape index (κ2) is 16.3. The van der Waals surface area contributed by atoms with E-state index in [0.29, 0.717) is 51.6 Å². The molecule has 0 saturated carbocycles. The molecule has 0 fully saturated rings. The number of rotatable bonds is 17. The van der Waals surface area contributed by atoms with E-state index in [0.717, 1.165) is 0 Å². The van der Waals surface area contributed by atoms with Gasteiger partial charge in [0.15, 0.2) is 0 Å². The number of benzene rings is 3. The summed E-state index contributed by atoms with van der Waals surface area (Å²) < 4.78 is 26.7. The van der Waals surface area contributed by atoms with Crippen LogP contribution in [0.25, 0.3) is 11.1 Å². The molecule has 0 aliphatic heterocycles. The first-order valence-electron chi connectivity index (χ1n) is 13.7. The maximum Gasteiger partial charge on any atom is 0.407 e. The number of carbonyl (C=O) groups excluding carboxylic acids is 3. The molecule has 0 bridgehead atoms. The maximum atomic E-state index is 12.2. The standard InChI is InChI=1S/C32H35NO8/c34-30(24-9-2-1-3-10-24)31(35)40-22-21-39-20-19-38-18-17-37-16-8-15-33-32(36)41-23-29-27-13-6-4-11-25(27)26-12-5-7-14-28(26)29/h1-7,9-14,29H,8,15-23H2,(H,33,36). The van der Waals surface area contributed by atoms with Gasteiger partial charge >= 0.3 is 12.1 Å². The van der Waals surface area contributed by atoms with Crippen molar-refractivity contribution in [2.75, 3.05) is 59.4 Å². The number of nitrogens with one attached hydrogen (secondary N) is 1. The smallest absolute Gasteiger partial charge is 0.407 e. The summed E-state index contributed by atoms with van der Waals surface area (Å²) >= 11 is 0. The molecule has 0 saturated heterocycles. The zero-order valence-corrected chi connectivity index (χ0v) is 22.9. The first kappa shape index (κ1) is 29.9. The number of ketones is 1. The van der Waals surface area contributed by atoms with Crippen LogP contribution < -0.4 is 5.32 Å². The quantitative estimate of drug-likeness (QED) is 0.112. The van der Waals surface area contributed by atoms with Crippen molar-refractivity contribution in [3.63, 3.8) is 0 Å². The van der Waals surface area contributed by atoms with Crippen LogP contribution in [0.5, 0.6) is 0 Å². The Morgan fingerprint density at radius 1 is 0.610 bits per heavy atom. The van der Waals surface area contributed by atoms with Crippen LogP contribution in [0.2, 0.25) is 0 Å². The molecule has 0 heterocycles. The van der Waals surface area contributed by atoms with Gasteiger partial charge < -0.3 is 29.0 Å². The molecule has 4 rings (SSSR count). The van der Waals surface area contributed by atoms with Crippen molar-refractivity contribution in [3.05, 3.63) is 95.6 Å².